The van der Waals surface area contributed by atoms with Crippen LogP contribution in [0.25, 0.3) is 10.6 Å². The van der Waals surface area contributed by atoms with Crippen molar-refractivity contribution in [3.8, 4) is 16.6 Å². The fourth-order valence-corrected chi connectivity index (χ4v) is 2.77. The van der Waals surface area contributed by atoms with Crippen LogP contribution in [0.5, 0.6) is 0 Å². The van der Waals surface area contributed by atoms with E-state index in [0.29, 0.717) is 14.9 Å². The predicted molar refractivity (Wildman–Crippen MR) is 68.4 cm³/mol. The van der Waals surface area contributed by atoms with Gasteiger partial charge in [0, 0.05) is 5.56 Å². The van der Waals surface area contributed by atoms with E-state index in [9.17, 15) is 4.79 Å². The molecule has 0 amide bonds. The maximum Gasteiger partial charge on any atom is 0.313 e. The van der Waals surface area contributed by atoms with Gasteiger partial charge in [0.05, 0.1) is 17.4 Å². The molecule has 1 aromatic carbocycles. The van der Waals surface area contributed by atoms with Gasteiger partial charge in [0.15, 0.2) is 4.34 Å². The van der Waals surface area contributed by atoms with E-state index in [1.807, 2.05) is 6.07 Å². The molecule has 2 aromatic rings. The van der Waals surface area contributed by atoms with Gasteiger partial charge in [0.1, 0.15) is 5.01 Å². The first kappa shape index (κ1) is 12.5. The summed E-state index contributed by atoms with van der Waals surface area (Å²) < 4.78 is 0.622. The number of carboxylic acids is 1. The van der Waals surface area contributed by atoms with E-state index in [4.69, 9.17) is 10.4 Å². The van der Waals surface area contributed by atoms with Crippen LogP contribution in [-0.4, -0.2) is 27.0 Å². The topological polar surface area (TPSA) is 86.9 Å². The first-order valence-electron chi connectivity index (χ1n) is 4.87. The number of thioether (sulfide) groups is 1. The maximum absolute atomic E-state index is 10.4. The van der Waals surface area contributed by atoms with Crippen LogP contribution in [0.2, 0.25) is 0 Å². The van der Waals surface area contributed by atoms with Crippen molar-refractivity contribution < 1.29 is 9.90 Å². The second-order valence-corrected chi connectivity index (χ2v) is 5.44. The molecule has 5 nitrogen and oxygen atoms in total. The summed E-state index contributed by atoms with van der Waals surface area (Å²) >= 11 is 2.48. The fourth-order valence-electron chi connectivity index (χ4n) is 1.20. The maximum atomic E-state index is 10.4. The third-order valence-electron chi connectivity index (χ3n) is 1.99. The van der Waals surface area contributed by atoms with Crippen LogP contribution in [0.15, 0.2) is 28.6 Å². The van der Waals surface area contributed by atoms with Crippen molar-refractivity contribution in [3.63, 3.8) is 0 Å². The highest BCUT2D eigenvalue weighted by Gasteiger charge is 2.08. The smallest absolute Gasteiger partial charge is 0.313 e. The van der Waals surface area contributed by atoms with E-state index in [-0.39, 0.29) is 5.75 Å². The molecule has 2 rings (SSSR count). The van der Waals surface area contributed by atoms with Gasteiger partial charge in [-0.1, -0.05) is 35.2 Å². The highest BCUT2D eigenvalue weighted by Crippen LogP contribution is 2.29. The van der Waals surface area contributed by atoms with E-state index in [1.165, 1.54) is 11.3 Å². The molecule has 0 spiro atoms. The number of benzene rings is 1. The summed E-state index contributed by atoms with van der Waals surface area (Å²) in [5.74, 6) is -0.905. The normalized spacial score (nSPS) is 9.94. The standard InChI is InChI=1S/C11H7N3O2S2/c12-5-7-1-3-8(4-2-7)10-13-14-11(18-10)17-6-9(15)16/h1-4H,6H2,(H,15,16). The van der Waals surface area contributed by atoms with Gasteiger partial charge in [-0.2, -0.15) is 5.26 Å². The van der Waals surface area contributed by atoms with E-state index in [0.717, 1.165) is 17.3 Å². The van der Waals surface area contributed by atoms with Gasteiger partial charge in [0.2, 0.25) is 0 Å². The second-order valence-electron chi connectivity index (χ2n) is 3.24. The molecular weight excluding hydrogens is 270 g/mol. The molecule has 18 heavy (non-hydrogen) atoms. The van der Waals surface area contributed by atoms with Crippen molar-refractivity contribution in [1.29, 1.82) is 5.26 Å². The quantitative estimate of drug-likeness (QED) is 0.862. The summed E-state index contributed by atoms with van der Waals surface area (Å²) in [6, 6.07) is 9.05. The monoisotopic (exact) mass is 277 g/mol. The SMILES string of the molecule is N#Cc1ccc(-c2nnc(SCC(=O)O)s2)cc1. The van der Waals surface area contributed by atoms with Crippen molar-refractivity contribution in [2.24, 2.45) is 0 Å². The lowest BCUT2D eigenvalue weighted by molar-refractivity contribution is -0.133. The Labute approximate surface area is 111 Å². The second kappa shape index (κ2) is 5.62. The van der Waals surface area contributed by atoms with Crippen LogP contribution < -0.4 is 0 Å². The Bertz CT molecular complexity index is 601. The van der Waals surface area contributed by atoms with E-state index in [1.54, 1.807) is 24.3 Å². The first-order chi connectivity index (χ1) is 8.69. The van der Waals surface area contributed by atoms with Gasteiger partial charge < -0.3 is 5.11 Å². The van der Waals surface area contributed by atoms with Crippen molar-refractivity contribution in [1.82, 2.24) is 10.2 Å². The Morgan fingerprint density at radius 3 is 2.72 bits per heavy atom. The lowest BCUT2D eigenvalue weighted by Gasteiger charge is -1.94. The highest BCUT2D eigenvalue weighted by molar-refractivity contribution is 8.01. The molecule has 7 heteroatoms. The highest BCUT2D eigenvalue weighted by atomic mass is 32.2. The van der Waals surface area contributed by atoms with E-state index in [2.05, 4.69) is 10.2 Å². The predicted octanol–water partition coefficient (Wildman–Crippen LogP) is 2.25. The first-order valence-corrected chi connectivity index (χ1v) is 6.68. The molecular formula is C11H7N3O2S2. The Kier molecular flexibility index (Phi) is 3.92. The van der Waals surface area contributed by atoms with Gasteiger partial charge in [-0.25, -0.2) is 0 Å². The number of aromatic nitrogens is 2. The number of nitriles is 1. The molecule has 0 fully saturated rings. The minimum Gasteiger partial charge on any atom is -0.481 e. The minimum absolute atomic E-state index is 0.0258. The van der Waals surface area contributed by atoms with E-state index < -0.39 is 5.97 Å². The van der Waals surface area contributed by atoms with Crippen LogP contribution in [0.3, 0.4) is 0 Å². The average Bonchev–Trinajstić information content (AvgIpc) is 2.85. The zero-order valence-electron chi connectivity index (χ0n) is 9.03. The molecule has 0 aliphatic rings. The van der Waals surface area contributed by atoms with Gasteiger partial charge in [-0.3, -0.25) is 4.79 Å². The van der Waals surface area contributed by atoms with Crippen molar-refractivity contribution in [3.05, 3.63) is 29.8 Å². The van der Waals surface area contributed by atoms with Crippen LogP contribution in [0.1, 0.15) is 5.56 Å². The molecule has 0 aliphatic carbocycles. The van der Waals surface area contributed by atoms with Gasteiger partial charge in [-0.15, -0.1) is 10.2 Å². The average molecular weight is 277 g/mol. The molecule has 0 saturated heterocycles. The summed E-state index contributed by atoms with van der Waals surface area (Å²) in [4.78, 5) is 10.4. The molecule has 0 atom stereocenters. The molecule has 1 aromatic heterocycles. The molecule has 0 bridgehead atoms. The number of rotatable bonds is 4. The molecule has 0 radical (unpaired) electrons. The summed E-state index contributed by atoms with van der Waals surface area (Å²) in [6.07, 6.45) is 0. The van der Waals surface area contributed by atoms with Crippen LogP contribution in [0.4, 0.5) is 0 Å². The number of carboxylic acid groups (broad SMARTS) is 1. The minimum atomic E-state index is -0.880. The number of carbonyl (C=O) groups is 1. The molecule has 1 N–H and O–H groups in total. The Hall–Kier alpha value is -1.91. The Morgan fingerprint density at radius 1 is 1.39 bits per heavy atom. The summed E-state index contributed by atoms with van der Waals surface area (Å²) in [5, 5.41) is 25.9. The third-order valence-corrected chi connectivity index (χ3v) is 4.08. The van der Waals surface area contributed by atoms with Gasteiger partial charge in [-0.05, 0) is 12.1 Å². The van der Waals surface area contributed by atoms with Crippen molar-refractivity contribution in [2.75, 3.05) is 5.75 Å². The van der Waals surface area contributed by atoms with Crippen molar-refractivity contribution >= 4 is 29.1 Å². The number of hydrogen-bond donors (Lipinski definition) is 1. The zero-order valence-corrected chi connectivity index (χ0v) is 10.7. The van der Waals surface area contributed by atoms with Gasteiger partial charge >= 0.3 is 5.97 Å². The van der Waals surface area contributed by atoms with Crippen LogP contribution in [-0.2, 0) is 4.79 Å². The number of aliphatic carboxylic acids is 1. The van der Waals surface area contributed by atoms with Gasteiger partial charge in [0.25, 0.3) is 0 Å². The number of hydrogen-bond acceptors (Lipinski definition) is 6. The number of nitrogens with zero attached hydrogens (tertiary/aromatic N) is 3. The summed E-state index contributed by atoms with van der Waals surface area (Å²) in [7, 11) is 0. The summed E-state index contributed by atoms with van der Waals surface area (Å²) in [6.45, 7) is 0. The third kappa shape index (κ3) is 3.06. The van der Waals surface area contributed by atoms with Crippen LogP contribution >= 0.6 is 23.1 Å². The Morgan fingerprint density at radius 2 is 2.11 bits per heavy atom. The lowest BCUT2D eigenvalue weighted by Crippen LogP contribution is -1.96. The zero-order chi connectivity index (χ0) is 13.0. The van der Waals surface area contributed by atoms with Crippen LogP contribution in [0, 0.1) is 11.3 Å². The Balaban J connectivity index is 2.13. The molecule has 1 heterocycles. The molecule has 0 aliphatic heterocycles. The lowest BCUT2D eigenvalue weighted by atomic mass is 10.2. The molecule has 0 unspecified atom stereocenters. The summed E-state index contributed by atoms with van der Waals surface area (Å²) in [5.41, 5.74) is 1.46. The van der Waals surface area contributed by atoms with Crippen molar-refractivity contribution in [2.45, 2.75) is 4.34 Å². The van der Waals surface area contributed by atoms with E-state index >= 15 is 0 Å². The molecule has 90 valence electrons. The fraction of sp³-hybridized carbons (Fsp3) is 0.0909. The largest absolute Gasteiger partial charge is 0.481 e. The molecule has 0 saturated carbocycles.